The topological polar surface area (TPSA) is 75.4 Å². The van der Waals surface area contributed by atoms with Crippen molar-refractivity contribution in [1.82, 2.24) is 14.7 Å². The summed E-state index contributed by atoms with van der Waals surface area (Å²) in [5.41, 5.74) is -1.03. The summed E-state index contributed by atoms with van der Waals surface area (Å²) in [5.74, 6) is -1.71. The molecular formula is C13H16F3N3O3. The molecule has 0 radical (unpaired) electrons. The second kappa shape index (κ2) is 5.98. The van der Waals surface area contributed by atoms with Crippen LogP contribution in [0.5, 0.6) is 0 Å². The van der Waals surface area contributed by atoms with Gasteiger partial charge < -0.3 is 10.0 Å². The Morgan fingerprint density at radius 2 is 1.95 bits per heavy atom. The van der Waals surface area contributed by atoms with Crippen LogP contribution in [0.4, 0.5) is 13.2 Å². The van der Waals surface area contributed by atoms with E-state index in [4.69, 9.17) is 5.11 Å². The minimum absolute atomic E-state index is 0.0371. The van der Waals surface area contributed by atoms with Crippen molar-refractivity contribution in [3.63, 3.8) is 0 Å². The maximum absolute atomic E-state index is 12.6. The molecule has 1 aromatic heterocycles. The molecule has 0 saturated carbocycles. The van der Waals surface area contributed by atoms with Gasteiger partial charge in [-0.3, -0.25) is 14.3 Å². The zero-order chi connectivity index (χ0) is 16.5. The smallest absolute Gasteiger partial charge is 0.435 e. The lowest BCUT2D eigenvalue weighted by Crippen LogP contribution is -2.41. The number of alkyl halides is 3. The van der Waals surface area contributed by atoms with E-state index in [1.165, 1.54) is 18.0 Å². The highest BCUT2D eigenvalue weighted by Gasteiger charge is 2.36. The van der Waals surface area contributed by atoms with Crippen molar-refractivity contribution in [2.45, 2.75) is 32.5 Å². The highest BCUT2D eigenvalue weighted by Crippen LogP contribution is 2.30. The van der Waals surface area contributed by atoms with E-state index in [1.54, 1.807) is 0 Å². The Morgan fingerprint density at radius 1 is 1.36 bits per heavy atom. The average molecular weight is 319 g/mol. The molecule has 1 aliphatic heterocycles. The van der Waals surface area contributed by atoms with Crippen LogP contribution in [0.2, 0.25) is 0 Å². The quantitative estimate of drug-likeness (QED) is 0.917. The highest BCUT2D eigenvalue weighted by molar-refractivity contribution is 5.76. The van der Waals surface area contributed by atoms with Crippen LogP contribution in [0.1, 0.15) is 24.1 Å². The van der Waals surface area contributed by atoms with Crippen molar-refractivity contribution < 1.29 is 27.9 Å². The van der Waals surface area contributed by atoms with Gasteiger partial charge in [-0.15, -0.1) is 0 Å². The predicted molar refractivity (Wildman–Crippen MR) is 68.9 cm³/mol. The largest absolute Gasteiger partial charge is 0.481 e. The fraction of sp³-hybridized carbons (Fsp3) is 0.615. The monoisotopic (exact) mass is 319 g/mol. The Morgan fingerprint density at radius 3 is 2.41 bits per heavy atom. The summed E-state index contributed by atoms with van der Waals surface area (Å²) in [6, 6.07) is 0. The van der Waals surface area contributed by atoms with Crippen molar-refractivity contribution in [1.29, 1.82) is 0 Å². The van der Waals surface area contributed by atoms with Crippen LogP contribution < -0.4 is 0 Å². The number of hydrogen-bond donors (Lipinski definition) is 1. The summed E-state index contributed by atoms with van der Waals surface area (Å²) in [5, 5.41) is 12.3. The number of aryl methyl sites for hydroxylation is 1. The van der Waals surface area contributed by atoms with E-state index >= 15 is 0 Å². The van der Waals surface area contributed by atoms with Gasteiger partial charge in [0, 0.05) is 19.3 Å². The molecule has 2 rings (SSSR count). The number of rotatable bonds is 3. The van der Waals surface area contributed by atoms with Gasteiger partial charge in [-0.1, -0.05) is 0 Å². The van der Waals surface area contributed by atoms with Crippen LogP contribution >= 0.6 is 0 Å². The Hall–Kier alpha value is -2.06. The van der Waals surface area contributed by atoms with E-state index in [1.807, 2.05) is 0 Å². The lowest BCUT2D eigenvalue weighted by Gasteiger charge is -2.30. The van der Waals surface area contributed by atoms with E-state index in [0.717, 1.165) is 4.68 Å². The number of carboxylic acid groups (broad SMARTS) is 1. The number of nitrogens with zero attached hydrogens (tertiary/aromatic N) is 3. The van der Waals surface area contributed by atoms with Crippen LogP contribution in [0, 0.1) is 12.8 Å². The molecule has 1 saturated heterocycles. The second-order valence-electron chi connectivity index (χ2n) is 5.35. The van der Waals surface area contributed by atoms with Crippen molar-refractivity contribution in [3.8, 4) is 0 Å². The van der Waals surface area contributed by atoms with Crippen LogP contribution in [-0.2, 0) is 22.3 Å². The third-order valence-corrected chi connectivity index (χ3v) is 3.71. The lowest BCUT2D eigenvalue weighted by molar-refractivity contribution is -0.146. The van der Waals surface area contributed by atoms with Gasteiger partial charge in [0.25, 0.3) is 0 Å². The number of aromatic nitrogens is 2. The number of carboxylic acids is 1. The Labute approximate surface area is 124 Å². The Kier molecular flexibility index (Phi) is 4.43. The number of carbonyl (C=O) groups excluding carboxylic acids is 1. The molecule has 0 atom stereocenters. The molecule has 9 heteroatoms. The summed E-state index contributed by atoms with van der Waals surface area (Å²) in [7, 11) is 0. The fourth-order valence-electron chi connectivity index (χ4n) is 2.50. The zero-order valence-electron chi connectivity index (χ0n) is 11.9. The number of piperidine rings is 1. The predicted octanol–water partition coefficient (Wildman–Crippen LogP) is 1.53. The molecule has 122 valence electrons. The standard InChI is InChI=1S/C13H16F3N3O3/c1-8-6-19(17-11(8)13(14,15)16)7-10(20)18-4-2-9(3-5-18)12(21)22/h6,9H,2-5,7H2,1H3,(H,21,22). The molecule has 0 unspecified atom stereocenters. The zero-order valence-corrected chi connectivity index (χ0v) is 11.9. The SMILES string of the molecule is Cc1cn(CC(=O)N2CCC(C(=O)O)CC2)nc1C(F)(F)F. The van der Waals surface area contributed by atoms with E-state index < -0.39 is 23.8 Å². The molecule has 1 N–H and O–H groups in total. The maximum atomic E-state index is 12.6. The van der Waals surface area contributed by atoms with E-state index in [-0.39, 0.29) is 18.0 Å². The van der Waals surface area contributed by atoms with E-state index in [0.29, 0.717) is 25.9 Å². The first kappa shape index (κ1) is 16.3. The first-order valence-corrected chi connectivity index (χ1v) is 6.80. The number of hydrogen-bond acceptors (Lipinski definition) is 3. The second-order valence-corrected chi connectivity index (χ2v) is 5.35. The number of halogens is 3. The molecule has 0 aromatic carbocycles. The van der Waals surface area contributed by atoms with Gasteiger partial charge in [0.1, 0.15) is 6.54 Å². The van der Waals surface area contributed by atoms with Crippen molar-refractivity contribution in [2.24, 2.45) is 5.92 Å². The average Bonchev–Trinajstić information content (AvgIpc) is 2.79. The molecule has 0 aliphatic carbocycles. The molecule has 6 nitrogen and oxygen atoms in total. The molecule has 22 heavy (non-hydrogen) atoms. The van der Waals surface area contributed by atoms with Crippen LogP contribution in [-0.4, -0.2) is 44.8 Å². The number of likely N-dealkylation sites (tertiary alicyclic amines) is 1. The molecule has 1 aliphatic rings. The first-order chi connectivity index (χ1) is 10.2. The normalized spacial score (nSPS) is 16.8. The first-order valence-electron chi connectivity index (χ1n) is 6.80. The van der Waals surface area contributed by atoms with Crippen LogP contribution in [0.3, 0.4) is 0 Å². The van der Waals surface area contributed by atoms with Gasteiger partial charge >= 0.3 is 12.1 Å². The summed E-state index contributed by atoms with van der Waals surface area (Å²) in [6.07, 6.45) is -2.65. The minimum Gasteiger partial charge on any atom is -0.481 e. The molecule has 1 amide bonds. The van der Waals surface area contributed by atoms with Crippen LogP contribution in [0.15, 0.2) is 6.20 Å². The van der Waals surface area contributed by atoms with Crippen molar-refractivity contribution in [3.05, 3.63) is 17.5 Å². The van der Waals surface area contributed by atoms with Gasteiger partial charge in [0.15, 0.2) is 5.69 Å². The number of amides is 1. The third kappa shape index (κ3) is 3.58. The minimum atomic E-state index is -4.54. The van der Waals surface area contributed by atoms with Gasteiger partial charge in [0.2, 0.25) is 5.91 Å². The molecular weight excluding hydrogens is 303 g/mol. The van der Waals surface area contributed by atoms with Crippen molar-refractivity contribution >= 4 is 11.9 Å². The van der Waals surface area contributed by atoms with Gasteiger partial charge in [-0.25, -0.2) is 0 Å². The lowest BCUT2D eigenvalue weighted by atomic mass is 9.97. The molecule has 0 bridgehead atoms. The van der Waals surface area contributed by atoms with Gasteiger partial charge in [-0.05, 0) is 25.3 Å². The molecule has 0 spiro atoms. The maximum Gasteiger partial charge on any atom is 0.435 e. The number of carbonyl (C=O) groups is 2. The fourth-order valence-corrected chi connectivity index (χ4v) is 2.50. The van der Waals surface area contributed by atoms with Crippen molar-refractivity contribution in [2.75, 3.05) is 13.1 Å². The summed E-state index contributed by atoms with van der Waals surface area (Å²) in [6.45, 7) is 1.59. The van der Waals surface area contributed by atoms with Crippen LogP contribution in [0.25, 0.3) is 0 Å². The van der Waals surface area contributed by atoms with E-state index in [2.05, 4.69) is 5.10 Å². The summed E-state index contributed by atoms with van der Waals surface area (Å²) in [4.78, 5) is 24.3. The third-order valence-electron chi connectivity index (χ3n) is 3.71. The summed E-state index contributed by atoms with van der Waals surface area (Å²) < 4.78 is 38.9. The Bertz CT molecular complexity index is 575. The molecule has 1 aromatic rings. The summed E-state index contributed by atoms with van der Waals surface area (Å²) >= 11 is 0. The molecule has 2 heterocycles. The van der Waals surface area contributed by atoms with Gasteiger partial charge in [-0.2, -0.15) is 18.3 Å². The highest BCUT2D eigenvalue weighted by atomic mass is 19.4. The Balaban J connectivity index is 1.97. The van der Waals surface area contributed by atoms with E-state index in [9.17, 15) is 22.8 Å². The number of aliphatic carboxylic acids is 1. The molecule has 1 fully saturated rings. The van der Waals surface area contributed by atoms with Gasteiger partial charge in [0.05, 0.1) is 5.92 Å².